The average Bonchev–Trinajstić information content (AvgIpc) is 3.16. The average molecular weight is 458 g/mol. The molecule has 3 aromatic rings. The van der Waals surface area contributed by atoms with Gasteiger partial charge in [-0.15, -0.1) is 11.3 Å². The van der Waals surface area contributed by atoms with E-state index in [0.29, 0.717) is 10.4 Å². The van der Waals surface area contributed by atoms with Crippen molar-refractivity contribution in [1.29, 1.82) is 0 Å². The highest BCUT2D eigenvalue weighted by Gasteiger charge is 2.43. The van der Waals surface area contributed by atoms with Crippen LogP contribution in [0.3, 0.4) is 0 Å². The summed E-state index contributed by atoms with van der Waals surface area (Å²) in [6, 6.07) is 6.67. The zero-order valence-electron chi connectivity index (χ0n) is 15.4. The number of pyridine rings is 1. The van der Waals surface area contributed by atoms with Crippen LogP contribution in [0.5, 0.6) is 0 Å². The summed E-state index contributed by atoms with van der Waals surface area (Å²) in [4.78, 5) is 15.9. The van der Waals surface area contributed by atoms with Crippen LogP contribution in [0.25, 0.3) is 10.8 Å². The minimum absolute atomic E-state index is 0.0217. The first-order valence-corrected chi connectivity index (χ1v) is 11.5. The molecular weight excluding hydrogens is 441 g/mol. The highest BCUT2D eigenvalue weighted by Crippen LogP contribution is 2.36. The Bertz CT molecular complexity index is 1270. The Morgan fingerprint density at radius 2 is 2.03 bits per heavy atom. The number of aromatic nitrogens is 1. The van der Waals surface area contributed by atoms with Gasteiger partial charge in [0, 0.05) is 30.1 Å². The molecule has 1 atom stereocenters. The molecule has 0 saturated carbocycles. The first-order valence-electron chi connectivity index (χ1n) is 9.00. The number of hydrogen-bond acceptors (Lipinski definition) is 6. The van der Waals surface area contributed by atoms with Crippen LogP contribution in [-0.2, 0) is 15.6 Å². The molecule has 30 heavy (non-hydrogen) atoms. The third kappa shape index (κ3) is 3.84. The predicted octanol–water partition coefficient (Wildman–Crippen LogP) is 2.91. The Morgan fingerprint density at radius 3 is 2.77 bits per heavy atom. The molecule has 0 radical (unpaired) electrons. The third-order valence-electron chi connectivity index (χ3n) is 5.07. The molecule has 0 aliphatic carbocycles. The number of alkyl halides is 2. The summed E-state index contributed by atoms with van der Waals surface area (Å²) in [6.07, 6.45) is -0.996. The number of aliphatic hydroxyl groups is 1. The molecule has 2 aromatic heterocycles. The Morgan fingerprint density at radius 1 is 1.27 bits per heavy atom. The van der Waals surface area contributed by atoms with Gasteiger partial charge in [0.1, 0.15) is 16.1 Å². The SMILES string of the molecule is O=c1[nH]ccc2cc(F)c(CS(=O)(=O)c3ccc(N4CCC(F)(F)[C@H](O)C4)s3)cc12. The number of benzene rings is 1. The summed E-state index contributed by atoms with van der Waals surface area (Å²) in [7, 11) is -3.94. The minimum Gasteiger partial charge on any atom is -0.385 e. The van der Waals surface area contributed by atoms with Gasteiger partial charge in [0.25, 0.3) is 11.5 Å². The van der Waals surface area contributed by atoms with Gasteiger partial charge in [0.15, 0.2) is 9.84 Å². The summed E-state index contributed by atoms with van der Waals surface area (Å²) in [5.41, 5.74) is -0.591. The quantitative estimate of drug-likeness (QED) is 0.628. The summed E-state index contributed by atoms with van der Waals surface area (Å²) in [5, 5.41) is 10.6. The van der Waals surface area contributed by atoms with Crippen molar-refractivity contribution in [2.75, 3.05) is 18.0 Å². The van der Waals surface area contributed by atoms with Gasteiger partial charge < -0.3 is 15.0 Å². The number of fused-ring (bicyclic) bond motifs is 1. The first-order chi connectivity index (χ1) is 14.1. The van der Waals surface area contributed by atoms with E-state index in [9.17, 15) is 31.5 Å². The summed E-state index contributed by atoms with van der Waals surface area (Å²) < 4.78 is 66.9. The fourth-order valence-electron chi connectivity index (χ4n) is 3.37. The highest BCUT2D eigenvalue weighted by molar-refractivity contribution is 7.92. The van der Waals surface area contributed by atoms with Crippen LogP contribution in [0.15, 0.2) is 45.5 Å². The second kappa shape index (κ2) is 7.40. The lowest BCUT2D eigenvalue weighted by Crippen LogP contribution is -2.50. The van der Waals surface area contributed by atoms with E-state index < -0.39 is 45.4 Å². The molecule has 0 bridgehead atoms. The number of nitrogens with zero attached hydrogens (tertiary/aromatic N) is 1. The number of halogens is 3. The molecule has 4 rings (SSSR count). The first kappa shape index (κ1) is 20.9. The van der Waals surface area contributed by atoms with Crippen LogP contribution in [0.4, 0.5) is 18.2 Å². The topological polar surface area (TPSA) is 90.5 Å². The van der Waals surface area contributed by atoms with Crippen LogP contribution >= 0.6 is 11.3 Å². The van der Waals surface area contributed by atoms with E-state index in [2.05, 4.69) is 4.98 Å². The molecule has 1 saturated heterocycles. The van der Waals surface area contributed by atoms with E-state index in [1.54, 1.807) is 0 Å². The van der Waals surface area contributed by atoms with Gasteiger partial charge in [-0.05, 0) is 35.7 Å². The smallest absolute Gasteiger partial charge is 0.276 e. The second-order valence-electron chi connectivity index (χ2n) is 7.16. The number of piperidine rings is 1. The molecule has 11 heteroatoms. The fourth-order valence-corrected chi connectivity index (χ4v) is 6.13. The van der Waals surface area contributed by atoms with Crippen molar-refractivity contribution in [1.82, 2.24) is 4.98 Å². The van der Waals surface area contributed by atoms with E-state index in [4.69, 9.17) is 0 Å². The number of aliphatic hydroxyl groups excluding tert-OH is 1. The molecule has 1 aliphatic heterocycles. The van der Waals surface area contributed by atoms with Gasteiger partial charge in [-0.3, -0.25) is 4.79 Å². The Labute approximate surface area is 173 Å². The van der Waals surface area contributed by atoms with E-state index in [1.165, 1.54) is 35.4 Å². The van der Waals surface area contributed by atoms with Gasteiger partial charge in [-0.25, -0.2) is 21.6 Å². The maximum atomic E-state index is 14.4. The summed E-state index contributed by atoms with van der Waals surface area (Å²) in [6.45, 7) is -0.332. The van der Waals surface area contributed by atoms with Crippen molar-refractivity contribution in [2.24, 2.45) is 0 Å². The molecule has 160 valence electrons. The zero-order chi connectivity index (χ0) is 21.7. The normalized spacial score (nSPS) is 19.3. The summed E-state index contributed by atoms with van der Waals surface area (Å²) in [5.74, 6) is -4.56. The van der Waals surface area contributed by atoms with E-state index in [-0.39, 0.29) is 28.2 Å². The lowest BCUT2D eigenvalue weighted by atomic mass is 10.0. The molecule has 2 N–H and O–H groups in total. The zero-order valence-corrected chi connectivity index (χ0v) is 17.1. The molecule has 0 unspecified atom stereocenters. The number of β-amino-alcohol motifs (C(OH)–C–C–N with tert-alkyl or cyclic N) is 1. The molecule has 1 aliphatic rings. The van der Waals surface area contributed by atoms with Crippen LogP contribution in [-0.4, -0.2) is 43.6 Å². The van der Waals surface area contributed by atoms with Crippen LogP contribution in [0.1, 0.15) is 12.0 Å². The highest BCUT2D eigenvalue weighted by atomic mass is 32.2. The number of nitrogens with one attached hydrogen (secondary N) is 1. The van der Waals surface area contributed by atoms with Crippen LogP contribution in [0, 0.1) is 5.82 Å². The van der Waals surface area contributed by atoms with E-state index >= 15 is 0 Å². The molecule has 1 aromatic carbocycles. The molecule has 3 heterocycles. The van der Waals surface area contributed by atoms with Crippen molar-refractivity contribution in [3.05, 3.63) is 58.3 Å². The Kier molecular flexibility index (Phi) is 5.15. The van der Waals surface area contributed by atoms with Crippen molar-refractivity contribution in [3.63, 3.8) is 0 Å². The fraction of sp³-hybridized carbons (Fsp3) is 0.316. The summed E-state index contributed by atoms with van der Waals surface area (Å²) >= 11 is 0.872. The van der Waals surface area contributed by atoms with Crippen molar-refractivity contribution in [2.45, 2.75) is 28.4 Å². The molecular formula is C19H17F3N2O4S2. The maximum Gasteiger partial charge on any atom is 0.276 e. The minimum atomic E-state index is -3.94. The van der Waals surface area contributed by atoms with Crippen LogP contribution in [0.2, 0.25) is 0 Å². The molecule has 0 spiro atoms. The Balaban J connectivity index is 1.60. The molecule has 1 fully saturated rings. The number of H-pyrrole nitrogens is 1. The standard InChI is InChI=1S/C19H17F3N2O4S2/c20-14-8-11-3-5-23-18(26)13(11)7-12(14)10-30(27,28)17-2-1-16(29-17)24-6-4-19(21,22)15(25)9-24/h1-3,5,7-8,15,25H,4,6,9-10H2,(H,23,26)/t15-/m1/s1. The van der Waals surface area contributed by atoms with E-state index in [0.717, 1.165) is 17.4 Å². The van der Waals surface area contributed by atoms with Crippen molar-refractivity contribution >= 4 is 36.9 Å². The van der Waals surface area contributed by atoms with Gasteiger partial charge in [0.05, 0.1) is 17.3 Å². The predicted molar refractivity (Wildman–Crippen MR) is 108 cm³/mol. The van der Waals surface area contributed by atoms with E-state index in [1.807, 2.05) is 0 Å². The van der Waals surface area contributed by atoms with Crippen molar-refractivity contribution < 1.29 is 26.7 Å². The number of anilines is 1. The monoisotopic (exact) mass is 458 g/mol. The molecule has 6 nitrogen and oxygen atoms in total. The number of thiophene rings is 1. The number of hydrogen-bond donors (Lipinski definition) is 2. The van der Waals surface area contributed by atoms with Gasteiger partial charge in [-0.1, -0.05) is 0 Å². The van der Waals surface area contributed by atoms with Crippen LogP contribution < -0.4 is 10.5 Å². The molecule has 0 amide bonds. The van der Waals surface area contributed by atoms with Gasteiger partial charge >= 0.3 is 0 Å². The largest absolute Gasteiger partial charge is 0.385 e. The van der Waals surface area contributed by atoms with Gasteiger partial charge in [-0.2, -0.15) is 0 Å². The number of aromatic amines is 1. The lowest BCUT2D eigenvalue weighted by Gasteiger charge is -2.36. The van der Waals surface area contributed by atoms with Crippen molar-refractivity contribution in [3.8, 4) is 0 Å². The van der Waals surface area contributed by atoms with Gasteiger partial charge in [0.2, 0.25) is 0 Å². The number of sulfone groups is 1. The lowest BCUT2D eigenvalue weighted by molar-refractivity contribution is -0.117. The Hall–Kier alpha value is -2.37. The third-order valence-corrected chi connectivity index (χ3v) is 8.46. The number of rotatable bonds is 4. The second-order valence-corrected chi connectivity index (χ2v) is 10.4. The maximum absolute atomic E-state index is 14.4.